The van der Waals surface area contributed by atoms with Gasteiger partial charge in [-0.15, -0.1) is 11.8 Å². The monoisotopic (exact) mass is 211 g/mol. The van der Waals surface area contributed by atoms with Crippen LogP contribution >= 0.6 is 11.8 Å². The Hall–Kier alpha value is -0.540. The highest BCUT2D eigenvalue weighted by Gasteiger charge is 2.19. The Balaban J connectivity index is 2.29. The third-order valence-electron chi connectivity index (χ3n) is 2.70. The summed E-state index contributed by atoms with van der Waals surface area (Å²) >= 11 is 1.66. The van der Waals surface area contributed by atoms with Crippen molar-refractivity contribution in [3.63, 3.8) is 0 Å². The van der Waals surface area contributed by atoms with E-state index in [-0.39, 0.29) is 5.82 Å². The largest absolute Gasteiger partial charge is 0.316 e. The van der Waals surface area contributed by atoms with Crippen molar-refractivity contribution in [2.24, 2.45) is 0 Å². The first-order valence-electron chi connectivity index (χ1n) is 4.85. The summed E-state index contributed by atoms with van der Waals surface area (Å²) in [5.74, 6) is 0.304. The van der Waals surface area contributed by atoms with Gasteiger partial charge >= 0.3 is 0 Å². The Labute approximate surface area is 88.1 Å². The van der Waals surface area contributed by atoms with Crippen LogP contribution in [0.5, 0.6) is 0 Å². The van der Waals surface area contributed by atoms with E-state index in [0.717, 1.165) is 30.0 Å². The second-order valence-electron chi connectivity index (χ2n) is 3.58. The molecule has 1 N–H and O–H groups in total. The fourth-order valence-corrected chi connectivity index (χ4v) is 2.33. The van der Waals surface area contributed by atoms with Gasteiger partial charge in [0.1, 0.15) is 5.82 Å². The molecule has 0 aliphatic carbocycles. The van der Waals surface area contributed by atoms with Crippen LogP contribution in [0.3, 0.4) is 0 Å². The fourth-order valence-electron chi connectivity index (χ4n) is 1.88. The molecular weight excluding hydrogens is 197 g/mol. The van der Waals surface area contributed by atoms with E-state index in [0.29, 0.717) is 5.92 Å². The number of benzene rings is 1. The molecule has 1 aliphatic heterocycles. The topological polar surface area (TPSA) is 12.0 Å². The Morgan fingerprint density at radius 2 is 2.36 bits per heavy atom. The summed E-state index contributed by atoms with van der Waals surface area (Å²) in [6, 6.07) is 5.41. The zero-order valence-electron chi connectivity index (χ0n) is 8.22. The van der Waals surface area contributed by atoms with Crippen molar-refractivity contribution in [2.45, 2.75) is 17.2 Å². The zero-order valence-corrected chi connectivity index (χ0v) is 9.03. The lowest BCUT2D eigenvalue weighted by molar-refractivity contribution is 0.586. The van der Waals surface area contributed by atoms with E-state index in [9.17, 15) is 4.39 Å². The number of nitrogens with one attached hydrogen (secondary N) is 1. The van der Waals surface area contributed by atoms with Crippen LogP contribution in [0.15, 0.2) is 23.1 Å². The van der Waals surface area contributed by atoms with Gasteiger partial charge in [-0.25, -0.2) is 4.39 Å². The van der Waals surface area contributed by atoms with E-state index in [2.05, 4.69) is 5.32 Å². The minimum absolute atomic E-state index is 0.0588. The highest BCUT2D eigenvalue weighted by atomic mass is 32.2. The minimum atomic E-state index is -0.0588. The normalized spacial score (nSPS) is 21.4. The van der Waals surface area contributed by atoms with Crippen molar-refractivity contribution >= 4 is 11.8 Å². The fraction of sp³-hybridized carbons (Fsp3) is 0.455. The van der Waals surface area contributed by atoms with Gasteiger partial charge in [0, 0.05) is 17.4 Å². The van der Waals surface area contributed by atoms with Gasteiger partial charge < -0.3 is 5.32 Å². The number of rotatable bonds is 2. The predicted molar refractivity (Wildman–Crippen MR) is 58.4 cm³/mol. The molecule has 1 unspecified atom stereocenters. The van der Waals surface area contributed by atoms with Crippen molar-refractivity contribution in [1.82, 2.24) is 5.32 Å². The Morgan fingerprint density at radius 3 is 3.00 bits per heavy atom. The van der Waals surface area contributed by atoms with E-state index in [1.54, 1.807) is 17.8 Å². The van der Waals surface area contributed by atoms with Gasteiger partial charge in [-0.2, -0.15) is 0 Å². The van der Waals surface area contributed by atoms with Crippen LogP contribution < -0.4 is 5.32 Å². The molecule has 0 saturated carbocycles. The molecule has 2 rings (SSSR count). The first kappa shape index (κ1) is 9.99. The molecule has 3 heteroatoms. The molecule has 1 atom stereocenters. The molecule has 1 aromatic carbocycles. The maximum atomic E-state index is 13.5. The summed E-state index contributed by atoms with van der Waals surface area (Å²) in [7, 11) is 0. The number of thioether (sulfide) groups is 1. The van der Waals surface area contributed by atoms with Crippen LogP contribution in [0.4, 0.5) is 4.39 Å². The molecule has 1 nitrogen and oxygen atoms in total. The van der Waals surface area contributed by atoms with Crippen LogP contribution in [0, 0.1) is 5.82 Å². The average Bonchev–Trinajstić information content (AvgIpc) is 2.71. The quantitative estimate of drug-likeness (QED) is 0.755. The lowest BCUT2D eigenvalue weighted by atomic mass is 9.98. The van der Waals surface area contributed by atoms with Crippen molar-refractivity contribution in [3.05, 3.63) is 29.6 Å². The second kappa shape index (κ2) is 4.32. The van der Waals surface area contributed by atoms with Crippen LogP contribution in [0.2, 0.25) is 0 Å². The molecule has 1 saturated heterocycles. The second-order valence-corrected chi connectivity index (χ2v) is 4.46. The summed E-state index contributed by atoms with van der Waals surface area (Å²) < 4.78 is 13.5. The third-order valence-corrected chi connectivity index (χ3v) is 3.43. The molecule has 0 aromatic heterocycles. The standard InChI is InChI=1S/C11H14FNS/c1-14-9-2-3-11(12)10(6-9)8-4-5-13-7-8/h2-3,6,8,13H,4-5,7H2,1H3. The molecule has 0 amide bonds. The van der Waals surface area contributed by atoms with Gasteiger partial charge in [-0.3, -0.25) is 0 Å². The lowest BCUT2D eigenvalue weighted by Gasteiger charge is -2.11. The molecular formula is C11H14FNS. The van der Waals surface area contributed by atoms with E-state index in [1.807, 2.05) is 18.4 Å². The highest BCUT2D eigenvalue weighted by Crippen LogP contribution is 2.28. The lowest BCUT2D eigenvalue weighted by Crippen LogP contribution is -2.09. The molecule has 1 heterocycles. The third kappa shape index (κ3) is 1.93. The van der Waals surface area contributed by atoms with Gasteiger partial charge in [-0.1, -0.05) is 0 Å². The maximum absolute atomic E-state index is 13.5. The molecule has 76 valence electrons. The van der Waals surface area contributed by atoms with Gasteiger partial charge in [0.25, 0.3) is 0 Å². The number of hydrogen-bond donors (Lipinski definition) is 1. The summed E-state index contributed by atoms with van der Waals surface area (Å²) in [6.45, 7) is 1.92. The van der Waals surface area contributed by atoms with E-state index < -0.39 is 0 Å². The molecule has 1 aliphatic rings. The van der Waals surface area contributed by atoms with E-state index in [4.69, 9.17) is 0 Å². The molecule has 1 fully saturated rings. The van der Waals surface area contributed by atoms with Gasteiger partial charge in [0.2, 0.25) is 0 Å². The van der Waals surface area contributed by atoms with Crippen molar-refractivity contribution in [2.75, 3.05) is 19.3 Å². The summed E-state index contributed by atoms with van der Waals surface area (Å²) in [5.41, 5.74) is 0.877. The molecule has 0 radical (unpaired) electrons. The summed E-state index contributed by atoms with van der Waals surface area (Å²) in [5, 5.41) is 3.26. The first-order chi connectivity index (χ1) is 6.81. The van der Waals surface area contributed by atoms with Gasteiger partial charge in [0.15, 0.2) is 0 Å². The maximum Gasteiger partial charge on any atom is 0.126 e. The van der Waals surface area contributed by atoms with Crippen molar-refractivity contribution in [1.29, 1.82) is 0 Å². The predicted octanol–water partition coefficient (Wildman–Crippen LogP) is 2.62. The van der Waals surface area contributed by atoms with E-state index in [1.165, 1.54) is 0 Å². The van der Waals surface area contributed by atoms with Crippen LogP contribution in [0.1, 0.15) is 17.9 Å². The minimum Gasteiger partial charge on any atom is -0.316 e. The van der Waals surface area contributed by atoms with E-state index >= 15 is 0 Å². The van der Waals surface area contributed by atoms with Crippen LogP contribution in [-0.4, -0.2) is 19.3 Å². The summed E-state index contributed by atoms with van der Waals surface area (Å²) in [4.78, 5) is 1.15. The Morgan fingerprint density at radius 1 is 1.50 bits per heavy atom. The summed E-state index contributed by atoms with van der Waals surface area (Å²) in [6.07, 6.45) is 3.07. The molecule has 0 bridgehead atoms. The SMILES string of the molecule is CSc1ccc(F)c(C2CCNC2)c1. The zero-order chi connectivity index (χ0) is 9.97. The Bertz CT molecular complexity index is 321. The highest BCUT2D eigenvalue weighted by molar-refractivity contribution is 7.98. The smallest absolute Gasteiger partial charge is 0.126 e. The Kier molecular flexibility index (Phi) is 3.08. The van der Waals surface area contributed by atoms with Gasteiger partial charge in [-0.05, 0) is 43.0 Å². The van der Waals surface area contributed by atoms with Crippen LogP contribution in [0.25, 0.3) is 0 Å². The number of halogens is 1. The average molecular weight is 211 g/mol. The van der Waals surface area contributed by atoms with Crippen molar-refractivity contribution in [3.8, 4) is 0 Å². The van der Waals surface area contributed by atoms with Gasteiger partial charge in [0.05, 0.1) is 0 Å². The molecule has 14 heavy (non-hydrogen) atoms. The number of hydrogen-bond acceptors (Lipinski definition) is 2. The first-order valence-corrected chi connectivity index (χ1v) is 6.08. The van der Waals surface area contributed by atoms with Crippen LogP contribution in [-0.2, 0) is 0 Å². The van der Waals surface area contributed by atoms with Crippen molar-refractivity contribution < 1.29 is 4.39 Å². The molecule has 0 spiro atoms. The molecule has 1 aromatic rings.